The molecule has 0 bridgehead atoms. The Morgan fingerprint density at radius 3 is 3.06 bits per heavy atom. The number of unbranched alkanes of at least 4 members (excludes halogenated alkanes) is 1. The SMILES string of the molecule is CCCCC1CCCCN1c1cccc(Br)[n+]1[O-]. The molecule has 2 rings (SSSR count). The van der Waals surface area contributed by atoms with Crippen molar-refractivity contribution in [2.75, 3.05) is 11.4 Å². The third-order valence-electron chi connectivity index (χ3n) is 3.69. The molecule has 2 heterocycles. The van der Waals surface area contributed by atoms with Gasteiger partial charge in [0, 0.05) is 6.07 Å². The fourth-order valence-electron chi connectivity index (χ4n) is 2.71. The van der Waals surface area contributed by atoms with E-state index in [9.17, 15) is 5.21 Å². The van der Waals surface area contributed by atoms with Crippen molar-refractivity contribution in [3.63, 3.8) is 0 Å². The molecular formula is C14H21BrN2O. The molecule has 1 aliphatic heterocycles. The summed E-state index contributed by atoms with van der Waals surface area (Å²) in [7, 11) is 0. The summed E-state index contributed by atoms with van der Waals surface area (Å²) in [5.74, 6) is 0.796. The number of halogens is 1. The minimum Gasteiger partial charge on any atom is -0.710 e. The lowest BCUT2D eigenvalue weighted by molar-refractivity contribution is -0.604. The van der Waals surface area contributed by atoms with Crippen LogP contribution in [0.4, 0.5) is 5.82 Å². The van der Waals surface area contributed by atoms with Gasteiger partial charge >= 0.3 is 0 Å². The van der Waals surface area contributed by atoms with E-state index in [4.69, 9.17) is 0 Å². The number of hydrogen-bond donors (Lipinski definition) is 0. The summed E-state index contributed by atoms with van der Waals surface area (Å²) in [6.07, 6.45) is 7.36. The molecule has 1 atom stereocenters. The van der Waals surface area contributed by atoms with Gasteiger partial charge < -0.3 is 5.21 Å². The maximum Gasteiger partial charge on any atom is 0.280 e. The van der Waals surface area contributed by atoms with Crippen LogP contribution in [-0.4, -0.2) is 12.6 Å². The van der Waals surface area contributed by atoms with Crippen LogP contribution in [0.15, 0.2) is 22.8 Å². The average molecular weight is 313 g/mol. The average Bonchev–Trinajstić information content (AvgIpc) is 2.40. The second-order valence-corrected chi connectivity index (χ2v) is 5.80. The van der Waals surface area contributed by atoms with E-state index in [0.29, 0.717) is 10.6 Å². The van der Waals surface area contributed by atoms with E-state index in [-0.39, 0.29) is 0 Å². The van der Waals surface area contributed by atoms with E-state index in [2.05, 4.69) is 27.8 Å². The highest BCUT2D eigenvalue weighted by Gasteiger charge is 2.29. The Bertz CT molecular complexity index is 397. The first kappa shape index (κ1) is 13.7. The molecule has 0 spiro atoms. The molecule has 3 nitrogen and oxygen atoms in total. The van der Waals surface area contributed by atoms with E-state index in [1.54, 1.807) is 6.07 Å². The minimum atomic E-state index is 0.535. The summed E-state index contributed by atoms with van der Waals surface area (Å²) >= 11 is 3.31. The van der Waals surface area contributed by atoms with E-state index >= 15 is 0 Å². The zero-order valence-corrected chi connectivity index (χ0v) is 12.5. The summed E-state index contributed by atoms with van der Waals surface area (Å²) in [6, 6.07) is 6.20. The van der Waals surface area contributed by atoms with Crippen molar-refractivity contribution >= 4 is 21.7 Å². The van der Waals surface area contributed by atoms with Crippen molar-refractivity contribution in [2.24, 2.45) is 0 Å². The van der Waals surface area contributed by atoms with Crippen LogP contribution in [-0.2, 0) is 0 Å². The molecule has 4 heteroatoms. The second-order valence-electron chi connectivity index (χ2n) is 4.99. The van der Waals surface area contributed by atoms with Crippen LogP contribution in [0.25, 0.3) is 0 Å². The lowest BCUT2D eigenvalue weighted by atomic mass is 9.97. The predicted molar refractivity (Wildman–Crippen MR) is 77.6 cm³/mol. The molecule has 1 aliphatic rings. The standard InChI is InChI=1S/C14H21BrN2O/c1-2-3-7-12-8-4-5-11-16(12)14-10-6-9-13(15)17(14)18/h6,9-10,12H,2-5,7-8,11H2,1H3. The van der Waals surface area contributed by atoms with Gasteiger partial charge in [0.1, 0.15) is 0 Å². The lowest BCUT2D eigenvalue weighted by Crippen LogP contribution is -2.47. The summed E-state index contributed by atoms with van der Waals surface area (Å²) in [6.45, 7) is 3.23. The third kappa shape index (κ3) is 2.97. The first-order valence-corrected chi connectivity index (χ1v) is 7.68. The van der Waals surface area contributed by atoms with Crippen LogP contribution in [0.1, 0.15) is 45.4 Å². The molecule has 100 valence electrons. The maximum absolute atomic E-state index is 12.1. The summed E-state index contributed by atoms with van der Waals surface area (Å²) in [5.41, 5.74) is 0. The summed E-state index contributed by atoms with van der Waals surface area (Å²) < 4.78 is 1.60. The van der Waals surface area contributed by atoms with Crippen molar-refractivity contribution < 1.29 is 4.73 Å². The number of anilines is 1. The summed E-state index contributed by atoms with van der Waals surface area (Å²) in [4.78, 5) is 2.30. The van der Waals surface area contributed by atoms with Crippen molar-refractivity contribution in [1.82, 2.24) is 0 Å². The van der Waals surface area contributed by atoms with E-state index < -0.39 is 0 Å². The van der Waals surface area contributed by atoms with Crippen molar-refractivity contribution in [2.45, 2.75) is 51.5 Å². The molecular weight excluding hydrogens is 292 g/mol. The molecule has 1 fully saturated rings. The van der Waals surface area contributed by atoms with Gasteiger partial charge in [0.2, 0.25) is 0 Å². The molecule has 0 saturated carbocycles. The summed E-state index contributed by atoms with van der Waals surface area (Å²) in [5, 5.41) is 12.1. The number of rotatable bonds is 4. The Kier molecular flexibility index (Phi) is 4.87. The molecule has 0 N–H and O–H groups in total. The highest BCUT2D eigenvalue weighted by molar-refractivity contribution is 9.10. The van der Waals surface area contributed by atoms with E-state index in [1.807, 2.05) is 12.1 Å². The number of aromatic nitrogens is 1. The molecule has 1 aromatic heterocycles. The number of pyridine rings is 1. The molecule has 1 unspecified atom stereocenters. The number of piperidine rings is 1. The first-order chi connectivity index (χ1) is 8.74. The molecule has 0 radical (unpaired) electrons. The van der Waals surface area contributed by atoms with E-state index in [0.717, 1.165) is 17.1 Å². The van der Waals surface area contributed by atoms with Crippen LogP contribution in [0.3, 0.4) is 0 Å². The van der Waals surface area contributed by atoms with Gasteiger partial charge in [-0.05, 0) is 60.2 Å². The normalized spacial score (nSPS) is 20.1. The monoisotopic (exact) mass is 312 g/mol. The maximum atomic E-state index is 12.1. The molecule has 0 aromatic carbocycles. The topological polar surface area (TPSA) is 30.2 Å². The fraction of sp³-hybridized carbons (Fsp3) is 0.643. The van der Waals surface area contributed by atoms with Gasteiger partial charge in [-0.25, -0.2) is 4.73 Å². The molecule has 0 amide bonds. The Labute approximate surface area is 118 Å². The highest BCUT2D eigenvalue weighted by atomic mass is 79.9. The van der Waals surface area contributed by atoms with Crippen molar-refractivity contribution in [3.05, 3.63) is 28.0 Å². The largest absolute Gasteiger partial charge is 0.710 e. The van der Waals surface area contributed by atoms with Crippen LogP contribution < -0.4 is 9.63 Å². The van der Waals surface area contributed by atoms with Gasteiger partial charge in [-0.15, -0.1) is 0 Å². The van der Waals surface area contributed by atoms with Gasteiger partial charge in [0.05, 0.1) is 12.6 Å². The Morgan fingerprint density at radius 2 is 2.28 bits per heavy atom. The van der Waals surface area contributed by atoms with Gasteiger partial charge in [0.25, 0.3) is 5.82 Å². The highest BCUT2D eigenvalue weighted by Crippen LogP contribution is 2.26. The second kappa shape index (κ2) is 6.41. The molecule has 18 heavy (non-hydrogen) atoms. The molecule has 0 aliphatic carbocycles. The van der Waals surface area contributed by atoms with Crippen LogP contribution in [0.5, 0.6) is 0 Å². The van der Waals surface area contributed by atoms with Crippen LogP contribution in [0, 0.1) is 5.21 Å². The van der Waals surface area contributed by atoms with Gasteiger partial charge in [-0.1, -0.05) is 13.3 Å². The lowest BCUT2D eigenvalue weighted by Gasteiger charge is -2.32. The Balaban J connectivity index is 2.19. The van der Waals surface area contributed by atoms with Gasteiger partial charge in [-0.3, -0.25) is 4.90 Å². The molecule has 1 saturated heterocycles. The third-order valence-corrected chi connectivity index (χ3v) is 4.28. The van der Waals surface area contributed by atoms with Crippen molar-refractivity contribution in [1.29, 1.82) is 0 Å². The minimum absolute atomic E-state index is 0.535. The zero-order chi connectivity index (χ0) is 13.0. The van der Waals surface area contributed by atoms with Crippen LogP contribution >= 0.6 is 15.9 Å². The Hall–Kier alpha value is -0.770. The van der Waals surface area contributed by atoms with Gasteiger partial charge in [0.15, 0.2) is 4.60 Å². The smallest absolute Gasteiger partial charge is 0.280 e. The molecule has 1 aromatic rings. The van der Waals surface area contributed by atoms with Crippen molar-refractivity contribution in [3.8, 4) is 0 Å². The predicted octanol–water partition coefficient (Wildman–Crippen LogP) is 3.63. The zero-order valence-electron chi connectivity index (χ0n) is 10.9. The Morgan fingerprint density at radius 1 is 1.44 bits per heavy atom. The van der Waals surface area contributed by atoms with Gasteiger partial charge in [-0.2, -0.15) is 0 Å². The fourth-order valence-corrected chi connectivity index (χ4v) is 3.05. The first-order valence-electron chi connectivity index (χ1n) is 6.88. The number of nitrogens with zero attached hydrogens (tertiary/aromatic N) is 2. The van der Waals surface area contributed by atoms with E-state index in [1.165, 1.54) is 38.5 Å². The quantitative estimate of drug-likeness (QED) is 0.483. The van der Waals surface area contributed by atoms with Crippen LogP contribution in [0.2, 0.25) is 0 Å². The number of hydrogen-bond acceptors (Lipinski definition) is 2.